The molecule has 1 aromatic carbocycles. The molecule has 0 amide bonds. The molecule has 9 heteroatoms. The predicted molar refractivity (Wildman–Crippen MR) is 127 cm³/mol. The fourth-order valence-electron chi connectivity index (χ4n) is 4.16. The molecule has 3 unspecified atom stereocenters. The molecule has 2 fully saturated rings. The van der Waals surface area contributed by atoms with E-state index in [2.05, 4.69) is 26.8 Å². The molecule has 1 aromatic heterocycles. The zero-order valence-corrected chi connectivity index (χ0v) is 19.4. The SMILES string of the molecule is CN=C(NCCCc1nn(-c2ccccc2)c(N)c1C#N)NC1CC2CCC1O2.I. The number of nitrogen functional groups attached to an aromatic ring is 1. The second kappa shape index (κ2) is 10.1. The highest BCUT2D eigenvalue weighted by Gasteiger charge is 2.41. The van der Waals surface area contributed by atoms with Crippen LogP contribution in [-0.4, -0.2) is 47.6 Å². The lowest BCUT2D eigenvalue weighted by Crippen LogP contribution is -2.47. The Kier molecular flexibility index (Phi) is 7.55. The highest BCUT2D eigenvalue weighted by Crippen LogP contribution is 2.34. The van der Waals surface area contributed by atoms with Gasteiger partial charge in [-0.15, -0.1) is 24.0 Å². The van der Waals surface area contributed by atoms with E-state index in [1.54, 1.807) is 11.7 Å². The Hall–Kier alpha value is -2.32. The summed E-state index contributed by atoms with van der Waals surface area (Å²) in [6.45, 7) is 0.727. The number of rotatable bonds is 6. The topological polar surface area (TPSA) is 113 Å². The summed E-state index contributed by atoms with van der Waals surface area (Å²) in [6.07, 6.45) is 5.54. The van der Waals surface area contributed by atoms with Crippen LogP contribution in [0.5, 0.6) is 0 Å². The Labute approximate surface area is 193 Å². The summed E-state index contributed by atoms with van der Waals surface area (Å²) < 4.78 is 7.53. The number of aryl methyl sites for hydroxylation is 1. The van der Waals surface area contributed by atoms with Crippen molar-refractivity contribution in [2.45, 2.75) is 50.4 Å². The first kappa shape index (κ1) is 22.4. The molecule has 3 atom stereocenters. The van der Waals surface area contributed by atoms with Gasteiger partial charge in [0.05, 0.1) is 29.6 Å². The summed E-state index contributed by atoms with van der Waals surface area (Å²) >= 11 is 0. The number of nitrogens with two attached hydrogens (primary N) is 1. The number of aromatic nitrogens is 2. The van der Waals surface area contributed by atoms with Gasteiger partial charge in [0, 0.05) is 13.6 Å². The average Bonchev–Trinajstić information content (AvgIpc) is 3.45. The molecule has 0 spiro atoms. The van der Waals surface area contributed by atoms with Crippen LogP contribution in [0.4, 0.5) is 5.82 Å². The number of aliphatic imine (C=N–C) groups is 1. The van der Waals surface area contributed by atoms with Gasteiger partial charge in [0.1, 0.15) is 17.5 Å². The Bertz CT molecular complexity index is 921. The van der Waals surface area contributed by atoms with E-state index in [4.69, 9.17) is 10.5 Å². The van der Waals surface area contributed by atoms with E-state index in [9.17, 15) is 5.26 Å². The Morgan fingerprint density at radius 1 is 1.37 bits per heavy atom. The largest absolute Gasteiger partial charge is 0.382 e. The predicted octanol–water partition coefficient (Wildman–Crippen LogP) is 2.36. The van der Waals surface area contributed by atoms with Crippen LogP contribution in [0.25, 0.3) is 5.69 Å². The number of nitrogens with zero attached hydrogens (tertiary/aromatic N) is 4. The molecule has 0 aliphatic carbocycles. The number of nitrogens with one attached hydrogen (secondary N) is 2. The Morgan fingerprint density at radius 3 is 2.80 bits per heavy atom. The van der Waals surface area contributed by atoms with E-state index < -0.39 is 0 Å². The molecular formula is C21H28IN7O. The van der Waals surface area contributed by atoms with Crippen LogP contribution < -0.4 is 16.4 Å². The first-order chi connectivity index (χ1) is 14.2. The quantitative estimate of drug-likeness (QED) is 0.233. The normalized spacial score (nSPS) is 22.4. The summed E-state index contributed by atoms with van der Waals surface area (Å²) in [6, 6.07) is 12.2. The van der Waals surface area contributed by atoms with Crippen molar-refractivity contribution < 1.29 is 4.74 Å². The van der Waals surface area contributed by atoms with Gasteiger partial charge in [-0.3, -0.25) is 4.99 Å². The van der Waals surface area contributed by atoms with Gasteiger partial charge in [-0.25, -0.2) is 4.68 Å². The molecular weight excluding hydrogens is 493 g/mol. The minimum absolute atomic E-state index is 0. The zero-order valence-electron chi connectivity index (χ0n) is 17.0. The first-order valence-corrected chi connectivity index (χ1v) is 10.1. The lowest BCUT2D eigenvalue weighted by atomic mass is 9.96. The van der Waals surface area contributed by atoms with E-state index in [0.29, 0.717) is 36.1 Å². The number of anilines is 1. The van der Waals surface area contributed by atoms with Crippen LogP contribution in [0.2, 0.25) is 0 Å². The lowest BCUT2D eigenvalue weighted by molar-refractivity contribution is 0.0992. The van der Waals surface area contributed by atoms with Crippen molar-refractivity contribution in [3.8, 4) is 11.8 Å². The van der Waals surface area contributed by atoms with Crippen LogP contribution in [0.3, 0.4) is 0 Å². The molecule has 2 aliphatic rings. The van der Waals surface area contributed by atoms with Gasteiger partial charge < -0.3 is 21.1 Å². The molecule has 30 heavy (non-hydrogen) atoms. The monoisotopic (exact) mass is 521 g/mol. The summed E-state index contributed by atoms with van der Waals surface area (Å²) in [7, 11) is 1.78. The molecule has 8 nitrogen and oxygen atoms in total. The number of para-hydroxylation sites is 1. The second-order valence-electron chi connectivity index (χ2n) is 7.53. The van der Waals surface area contributed by atoms with E-state index in [1.807, 2.05) is 30.3 Å². The molecule has 2 saturated heterocycles. The molecule has 160 valence electrons. The fraction of sp³-hybridized carbons (Fsp3) is 0.476. The number of fused-ring (bicyclic) bond motifs is 2. The van der Waals surface area contributed by atoms with Crippen molar-refractivity contribution in [2.75, 3.05) is 19.3 Å². The third-order valence-electron chi connectivity index (χ3n) is 5.64. The minimum Gasteiger partial charge on any atom is -0.382 e. The molecule has 4 rings (SSSR count). The van der Waals surface area contributed by atoms with Gasteiger partial charge in [-0.1, -0.05) is 18.2 Å². The van der Waals surface area contributed by atoms with Crippen molar-refractivity contribution in [3.05, 3.63) is 41.6 Å². The smallest absolute Gasteiger partial charge is 0.191 e. The van der Waals surface area contributed by atoms with E-state index in [1.165, 1.54) is 6.42 Å². The van der Waals surface area contributed by atoms with Crippen molar-refractivity contribution in [2.24, 2.45) is 4.99 Å². The standard InChI is InChI=1S/C21H27N7O.HI/c1-24-21(26-18-12-15-9-10-19(18)29-15)25-11-5-8-17-16(13-22)20(23)28(27-17)14-6-3-2-4-7-14;/h2-4,6-7,15,18-19H,5,8-12,23H2,1H3,(H2,24,25,26);1H. The van der Waals surface area contributed by atoms with Gasteiger partial charge in [0.15, 0.2) is 5.96 Å². The molecule has 0 radical (unpaired) electrons. The fourth-order valence-corrected chi connectivity index (χ4v) is 4.16. The van der Waals surface area contributed by atoms with Gasteiger partial charge in [0.2, 0.25) is 0 Å². The maximum atomic E-state index is 9.51. The van der Waals surface area contributed by atoms with Crippen LogP contribution in [0.1, 0.15) is 36.9 Å². The molecule has 2 aliphatic heterocycles. The van der Waals surface area contributed by atoms with E-state index in [0.717, 1.165) is 43.1 Å². The molecule has 0 saturated carbocycles. The Morgan fingerprint density at radius 2 is 2.17 bits per heavy atom. The number of ether oxygens (including phenoxy) is 1. The third-order valence-corrected chi connectivity index (χ3v) is 5.64. The molecule has 4 N–H and O–H groups in total. The highest BCUT2D eigenvalue weighted by molar-refractivity contribution is 14.0. The van der Waals surface area contributed by atoms with Crippen LogP contribution in [0.15, 0.2) is 35.3 Å². The van der Waals surface area contributed by atoms with Crippen molar-refractivity contribution in [1.82, 2.24) is 20.4 Å². The maximum absolute atomic E-state index is 9.51. The van der Waals surface area contributed by atoms with Crippen molar-refractivity contribution in [3.63, 3.8) is 0 Å². The highest BCUT2D eigenvalue weighted by atomic mass is 127. The summed E-state index contributed by atoms with van der Waals surface area (Å²) in [5.74, 6) is 1.18. The van der Waals surface area contributed by atoms with Crippen molar-refractivity contribution >= 4 is 35.8 Å². The van der Waals surface area contributed by atoms with Crippen LogP contribution >= 0.6 is 24.0 Å². The zero-order chi connectivity index (χ0) is 20.2. The summed E-state index contributed by atoms with van der Waals surface area (Å²) in [5.41, 5.74) is 8.19. The Balaban J connectivity index is 0.00000256. The molecule has 2 bridgehead atoms. The second-order valence-corrected chi connectivity index (χ2v) is 7.53. The third kappa shape index (κ3) is 4.70. The summed E-state index contributed by atoms with van der Waals surface area (Å²) in [4.78, 5) is 4.32. The number of guanidine groups is 1. The van der Waals surface area contributed by atoms with Gasteiger partial charge in [-0.05, 0) is 44.2 Å². The summed E-state index contributed by atoms with van der Waals surface area (Å²) in [5, 5.41) is 20.9. The van der Waals surface area contributed by atoms with Crippen LogP contribution in [-0.2, 0) is 11.2 Å². The number of nitriles is 1. The van der Waals surface area contributed by atoms with Crippen molar-refractivity contribution in [1.29, 1.82) is 5.26 Å². The number of hydrogen-bond donors (Lipinski definition) is 3. The molecule has 3 heterocycles. The number of hydrogen-bond acceptors (Lipinski definition) is 5. The van der Waals surface area contributed by atoms with Gasteiger partial charge in [-0.2, -0.15) is 10.4 Å². The van der Waals surface area contributed by atoms with Gasteiger partial charge in [0.25, 0.3) is 0 Å². The van der Waals surface area contributed by atoms with E-state index in [-0.39, 0.29) is 24.0 Å². The van der Waals surface area contributed by atoms with Gasteiger partial charge >= 0.3 is 0 Å². The lowest BCUT2D eigenvalue weighted by Gasteiger charge is -2.22. The van der Waals surface area contributed by atoms with Crippen LogP contribution in [0, 0.1) is 11.3 Å². The first-order valence-electron chi connectivity index (χ1n) is 10.1. The van der Waals surface area contributed by atoms with E-state index >= 15 is 0 Å². The number of halogens is 1. The maximum Gasteiger partial charge on any atom is 0.191 e. The number of benzene rings is 1. The molecule has 2 aromatic rings. The minimum atomic E-state index is 0. The average molecular weight is 521 g/mol.